The average Bonchev–Trinajstić information content (AvgIpc) is 3.23. The van der Waals surface area contributed by atoms with E-state index in [-0.39, 0.29) is 11.7 Å². The Kier molecular flexibility index (Phi) is 8.00. The maximum atomic E-state index is 12.4. The summed E-state index contributed by atoms with van der Waals surface area (Å²) in [6, 6.07) is 27.3. The van der Waals surface area contributed by atoms with E-state index in [0.29, 0.717) is 18.1 Å². The van der Waals surface area contributed by atoms with Crippen LogP contribution in [0.25, 0.3) is 0 Å². The third kappa shape index (κ3) is 6.84. The van der Waals surface area contributed by atoms with Crippen LogP contribution >= 0.6 is 23.4 Å². The molecule has 0 atom stereocenters. The molecule has 0 aliphatic rings. The largest absolute Gasteiger partial charge is 0.378 e. The van der Waals surface area contributed by atoms with Crippen LogP contribution in [0.3, 0.4) is 0 Å². The van der Waals surface area contributed by atoms with Crippen molar-refractivity contribution in [1.29, 1.82) is 0 Å². The maximum Gasteiger partial charge on any atom is 0.234 e. The summed E-state index contributed by atoms with van der Waals surface area (Å²) in [5.41, 5.74) is 2.93. The van der Waals surface area contributed by atoms with E-state index >= 15 is 0 Å². The predicted molar refractivity (Wildman–Crippen MR) is 135 cm³/mol. The van der Waals surface area contributed by atoms with E-state index in [4.69, 9.17) is 11.6 Å². The molecule has 4 aromatic rings. The zero-order valence-electron chi connectivity index (χ0n) is 17.9. The van der Waals surface area contributed by atoms with Gasteiger partial charge in [-0.05, 0) is 42.3 Å². The van der Waals surface area contributed by atoms with Crippen LogP contribution < -0.4 is 10.6 Å². The van der Waals surface area contributed by atoms with Crippen LogP contribution in [0.5, 0.6) is 0 Å². The monoisotopic (exact) mass is 477 g/mol. The number of nitrogens with zero attached hydrogens (tertiary/aromatic N) is 3. The first-order valence-corrected chi connectivity index (χ1v) is 12.0. The fourth-order valence-corrected chi connectivity index (χ4v) is 4.27. The average molecular weight is 478 g/mol. The van der Waals surface area contributed by atoms with E-state index in [1.165, 1.54) is 17.3 Å². The number of carbonyl (C=O) groups excluding carboxylic acids is 1. The number of nitrogens with one attached hydrogen (secondary N) is 2. The highest BCUT2D eigenvalue weighted by Gasteiger charge is 2.15. The fraction of sp³-hybridized carbons (Fsp3) is 0.160. The number of hydrogen-bond acceptors (Lipinski definition) is 5. The van der Waals surface area contributed by atoms with Crippen LogP contribution in [-0.4, -0.2) is 26.4 Å². The minimum atomic E-state index is -0.0811. The summed E-state index contributed by atoms with van der Waals surface area (Å²) in [4.78, 5) is 12.4. The molecule has 6 nitrogen and oxygen atoms in total. The minimum absolute atomic E-state index is 0.0811. The Labute approximate surface area is 202 Å². The second-order valence-corrected chi connectivity index (χ2v) is 8.73. The number of carbonyl (C=O) groups is 1. The van der Waals surface area contributed by atoms with Gasteiger partial charge in [0.15, 0.2) is 11.0 Å². The number of anilines is 2. The SMILES string of the molecule is O=C(CSc1nnc(CNc2cccc(Cl)c2)n1CCc1ccccc1)Nc1ccccc1. The van der Waals surface area contributed by atoms with Gasteiger partial charge < -0.3 is 15.2 Å². The van der Waals surface area contributed by atoms with Crippen LogP contribution in [0.4, 0.5) is 11.4 Å². The summed E-state index contributed by atoms with van der Waals surface area (Å²) in [5.74, 6) is 0.972. The molecule has 0 aliphatic carbocycles. The van der Waals surface area contributed by atoms with E-state index in [1.807, 2.05) is 72.8 Å². The van der Waals surface area contributed by atoms with E-state index in [2.05, 4.69) is 37.5 Å². The van der Waals surface area contributed by atoms with Gasteiger partial charge in [-0.3, -0.25) is 4.79 Å². The number of benzene rings is 3. The van der Waals surface area contributed by atoms with Gasteiger partial charge in [-0.15, -0.1) is 10.2 Å². The van der Waals surface area contributed by atoms with Crippen LogP contribution in [0.15, 0.2) is 90.1 Å². The molecule has 0 saturated carbocycles. The maximum absolute atomic E-state index is 12.4. The second kappa shape index (κ2) is 11.5. The zero-order chi connectivity index (χ0) is 22.9. The van der Waals surface area contributed by atoms with Crippen molar-refractivity contribution in [2.24, 2.45) is 0 Å². The lowest BCUT2D eigenvalue weighted by Crippen LogP contribution is -2.15. The first-order valence-electron chi connectivity index (χ1n) is 10.6. The molecular weight excluding hydrogens is 454 g/mol. The molecule has 0 bridgehead atoms. The van der Waals surface area contributed by atoms with E-state index < -0.39 is 0 Å². The Bertz CT molecular complexity index is 1180. The number of thioether (sulfide) groups is 1. The van der Waals surface area contributed by atoms with E-state index in [0.717, 1.165) is 28.8 Å². The topological polar surface area (TPSA) is 71.8 Å². The van der Waals surface area contributed by atoms with Crippen molar-refractivity contribution >= 4 is 40.6 Å². The van der Waals surface area contributed by atoms with Crippen molar-refractivity contribution < 1.29 is 4.79 Å². The Balaban J connectivity index is 1.44. The Morgan fingerprint density at radius 3 is 2.39 bits per heavy atom. The number of amides is 1. The Morgan fingerprint density at radius 2 is 1.64 bits per heavy atom. The molecule has 1 aromatic heterocycles. The second-order valence-electron chi connectivity index (χ2n) is 7.35. The molecule has 2 N–H and O–H groups in total. The summed E-state index contributed by atoms with van der Waals surface area (Å²) in [6.45, 7) is 1.21. The molecule has 1 amide bonds. The number of aryl methyl sites for hydroxylation is 1. The first-order chi connectivity index (χ1) is 16.2. The van der Waals surface area contributed by atoms with Gasteiger partial charge in [0.1, 0.15) is 0 Å². The van der Waals surface area contributed by atoms with Crippen molar-refractivity contribution in [3.05, 3.63) is 101 Å². The Morgan fingerprint density at radius 1 is 0.909 bits per heavy atom. The van der Waals surface area contributed by atoms with E-state index in [1.54, 1.807) is 0 Å². The minimum Gasteiger partial charge on any atom is -0.378 e. The van der Waals surface area contributed by atoms with Gasteiger partial charge in [0.25, 0.3) is 0 Å². The molecule has 0 saturated heterocycles. The summed E-state index contributed by atoms with van der Waals surface area (Å²) < 4.78 is 2.07. The van der Waals surface area contributed by atoms with Gasteiger partial charge in [0.05, 0.1) is 12.3 Å². The van der Waals surface area contributed by atoms with Crippen LogP contribution in [0.2, 0.25) is 5.02 Å². The molecular formula is C25H24ClN5OS. The van der Waals surface area contributed by atoms with Gasteiger partial charge in [-0.2, -0.15) is 0 Å². The zero-order valence-corrected chi connectivity index (χ0v) is 19.5. The molecule has 1 heterocycles. The molecule has 4 rings (SSSR count). The van der Waals surface area contributed by atoms with Gasteiger partial charge in [-0.25, -0.2) is 0 Å². The highest BCUT2D eigenvalue weighted by atomic mass is 35.5. The summed E-state index contributed by atoms with van der Waals surface area (Å²) >= 11 is 7.48. The Hall–Kier alpha value is -3.29. The number of hydrogen-bond donors (Lipinski definition) is 2. The van der Waals surface area contributed by atoms with Gasteiger partial charge in [0.2, 0.25) is 5.91 Å². The molecule has 8 heteroatoms. The van der Waals surface area contributed by atoms with Crippen molar-refractivity contribution in [2.45, 2.75) is 24.7 Å². The van der Waals surface area contributed by atoms with E-state index in [9.17, 15) is 4.79 Å². The molecule has 0 aliphatic heterocycles. The van der Waals surface area contributed by atoms with Gasteiger partial charge in [-0.1, -0.05) is 78.0 Å². The number of halogens is 1. The van der Waals surface area contributed by atoms with Crippen molar-refractivity contribution in [3.8, 4) is 0 Å². The molecule has 0 radical (unpaired) electrons. The molecule has 33 heavy (non-hydrogen) atoms. The van der Waals surface area contributed by atoms with Crippen molar-refractivity contribution in [3.63, 3.8) is 0 Å². The highest BCUT2D eigenvalue weighted by molar-refractivity contribution is 7.99. The molecule has 0 spiro atoms. The fourth-order valence-electron chi connectivity index (χ4n) is 3.29. The third-order valence-electron chi connectivity index (χ3n) is 4.93. The van der Waals surface area contributed by atoms with Gasteiger partial charge >= 0.3 is 0 Å². The summed E-state index contributed by atoms with van der Waals surface area (Å²) in [7, 11) is 0. The normalized spacial score (nSPS) is 10.7. The smallest absolute Gasteiger partial charge is 0.234 e. The number of rotatable bonds is 10. The number of aromatic nitrogens is 3. The summed E-state index contributed by atoms with van der Waals surface area (Å²) in [6.07, 6.45) is 0.840. The molecule has 0 fully saturated rings. The lowest BCUT2D eigenvalue weighted by molar-refractivity contribution is -0.113. The third-order valence-corrected chi connectivity index (χ3v) is 6.13. The lowest BCUT2D eigenvalue weighted by atomic mass is 10.1. The number of para-hydroxylation sites is 1. The van der Waals surface area contributed by atoms with Crippen LogP contribution in [0, 0.1) is 0 Å². The van der Waals surface area contributed by atoms with Crippen LogP contribution in [-0.2, 0) is 24.3 Å². The lowest BCUT2D eigenvalue weighted by Gasteiger charge is -2.12. The molecule has 3 aromatic carbocycles. The van der Waals surface area contributed by atoms with Crippen molar-refractivity contribution in [2.75, 3.05) is 16.4 Å². The quantitative estimate of drug-likeness (QED) is 0.294. The standard InChI is InChI=1S/C25H24ClN5OS/c26-20-10-7-13-22(16-20)27-17-23-29-30-25(31(23)15-14-19-8-3-1-4-9-19)33-18-24(32)28-21-11-5-2-6-12-21/h1-13,16,27H,14-15,17-18H2,(H,28,32). The summed E-state index contributed by atoms with van der Waals surface area (Å²) in [5, 5.41) is 16.4. The molecule has 0 unspecified atom stereocenters. The molecule has 168 valence electrons. The van der Waals surface area contributed by atoms with Gasteiger partial charge in [0, 0.05) is 22.9 Å². The van der Waals surface area contributed by atoms with Crippen molar-refractivity contribution in [1.82, 2.24) is 14.8 Å². The highest BCUT2D eigenvalue weighted by Crippen LogP contribution is 2.20. The van der Waals surface area contributed by atoms with Crippen LogP contribution in [0.1, 0.15) is 11.4 Å². The first kappa shape index (κ1) is 22.9. The predicted octanol–water partition coefficient (Wildman–Crippen LogP) is 5.52.